The smallest absolute Gasteiger partial charge is 0.0615 e. The molecule has 0 aliphatic rings. The molecule has 0 radical (unpaired) electrons. The molecule has 0 rings (SSSR count). The molecule has 0 aromatic carbocycles. The summed E-state index contributed by atoms with van der Waals surface area (Å²) in [6, 6.07) is 0.553. The van der Waals surface area contributed by atoms with Crippen LogP contribution in [0.25, 0.3) is 0 Å². The van der Waals surface area contributed by atoms with Gasteiger partial charge in [-0.05, 0) is 31.7 Å². The van der Waals surface area contributed by atoms with Crippen molar-refractivity contribution in [3.63, 3.8) is 0 Å². The van der Waals surface area contributed by atoms with Crippen molar-refractivity contribution >= 4 is 0 Å². The second-order valence-electron chi connectivity index (χ2n) is 4.43. The van der Waals surface area contributed by atoms with E-state index in [0.29, 0.717) is 6.04 Å². The first-order valence-corrected chi connectivity index (χ1v) is 5.93. The van der Waals surface area contributed by atoms with Crippen LogP contribution >= 0.6 is 0 Å². The van der Waals surface area contributed by atoms with Gasteiger partial charge in [0.15, 0.2) is 0 Å². The van der Waals surface area contributed by atoms with Crippen LogP contribution in [-0.4, -0.2) is 26.3 Å². The fraction of sp³-hybridized carbons (Fsp3) is 1.00. The summed E-state index contributed by atoms with van der Waals surface area (Å²) in [5.74, 6) is 0.823. The minimum Gasteiger partial charge on any atom is -0.383 e. The Morgan fingerprint density at radius 3 is 2.43 bits per heavy atom. The minimum atomic E-state index is 0.553. The monoisotopic (exact) mass is 201 g/mol. The minimum absolute atomic E-state index is 0.553. The zero-order valence-electron chi connectivity index (χ0n) is 10.3. The summed E-state index contributed by atoms with van der Waals surface area (Å²) in [5, 5.41) is 3.55. The van der Waals surface area contributed by atoms with Crippen LogP contribution in [0.1, 0.15) is 46.5 Å². The molecular weight excluding hydrogens is 174 g/mol. The van der Waals surface area contributed by atoms with Gasteiger partial charge in [0, 0.05) is 13.2 Å². The molecule has 2 heteroatoms. The van der Waals surface area contributed by atoms with Gasteiger partial charge in [-0.1, -0.05) is 27.2 Å². The van der Waals surface area contributed by atoms with Gasteiger partial charge < -0.3 is 10.1 Å². The van der Waals surface area contributed by atoms with Gasteiger partial charge in [-0.25, -0.2) is 0 Å². The maximum atomic E-state index is 5.17. The maximum Gasteiger partial charge on any atom is 0.0615 e. The topological polar surface area (TPSA) is 21.3 Å². The third-order valence-electron chi connectivity index (χ3n) is 2.40. The van der Waals surface area contributed by atoms with Crippen molar-refractivity contribution in [2.45, 2.75) is 52.5 Å². The van der Waals surface area contributed by atoms with Crippen molar-refractivity contribution in [3.8, 4) is 0 Å². The summed E-state index contributed by atoms with van der Waals surface area (Å²) in [6.45, 7) is 8.75. The highest BCUT2D eigenvalue weighted by atomic mass is 16.5. The predicted octanol–water partition coefficient (Wildman–Crippen LogP) is 2.83. The average molecular weight is 201 g/mol. The molecule has 0 aromatic heterocycles. The first kappa shape index (κ1) is 13.9. The van der Waals surface area contributed by atoms with Crippen LogP contribution < -0.4 is 5.32 Å². The van der Waals surface area contributed by atoms with E-state index in [1.54, 1.807) is 7.11 Å². The lowest BCUT2D eigenvalue weighted by Crippen LogP contribution is -2.33. The van der Waals surface area contributed by atoms with Gasteiger partial charge in [0.1, 0.15) is 0 Å². The normalized spacial score (nSPS) is 13.5. The fourth-order valence-corrected chi connectivity index (χ4v) is 1.61. The van der Waals surface area contributed by atoms with E-state index in [9.17, 15) is 0 Å². The Hall–Kier alpha value is -0.0800. The van der Waals surface area contributed by atoms with E-state index in [-0.39, 0.29) is 0 Å². The van der Waals surface area contributed by atoms with Crippen molar-refractivity contribution < 1.29 is 4.74 Å². The highest BCUT2D eigenvalue weighted by molar-refractivity contribution is 4.65. The van der Waals surface area contributed by atoms with Crippen LogP contribution in [0.3, 0.4) is 0 Å². The summed E-state index contributed by atoms with van der Waals surface area (Å²) < 4.78 is 5.17. The van der Waals surface area contributed by atoms with Crippen molar-refractivity contribution in [1.29, 1.82) is 0 Å². The zero-order chi connectivity index (χ0) is 10.8. The van der Waals surface area contributed by atoms with Crippen LogP contribution in [0.2, 0.25) is 0 Å². The fourth-order valence-electron chi connectivity index (χ4n) is 1.61. The molecule has 2 nitrogen and oxygen atoms in total. The second kappa shape index (κ2) is 9.47. The van der Waals surface area contributed by atoms with Crippen LogP contribution in [0.5, 0.6) is 0 Å². The highest BCUT2D eigenvalue weighted by Gasteiger charge is 2.05. The molecule has 1 atom stereocenters. The van der Waals surface area contributed by atoms with E-state index in [1.165, 1.54) is 25.7 Å². The van der Waals surface area contributed by atoms with Crippen molar-refractivity contribution in [1.82, 2.24) is 5.32 Å². The van der Waals surface area contributed by atoms with Gasteiger partial charge in [-0.2, -0.15) is 0 Å². The van der Waals surface area contributed by atoms with E-state index >= 15 is 0 Å². The number of rotatable bonds is 9. The Kier molecular flexibility index (Phi) is 9.42. The average Bonchev–Trinajstić information content (AvgIpc) is 2.12. The second-order valence-corrected chi connectivity index (χ2v) is 4.43. The maximum absolute atomic E-state index is 5.17. The molecule has 0 bridgehead atoms. The van der Waals surface area contributed by atoms with E-state index in [2.05, 4.69) is 26.1 Å². The molecular formula is C12H27NO. The molecule has 14 heavy (non-hydrogen) atoms. The summed E-state index contributed by atoms with van der Waals surface area (Å²) in [6.07, 6.45) is 5.04. The number of hydrogen-bond donors (Lipinski definition) is 1. The molecule has 0 aliphatic heterocycles. The number of hydrogen-bond acceptors (Lipinski definition) is 2. The van der Waals surface area contributed by atoms with Crippen molar-refractivity contribution in [2.75, 3.05) is 20.3 Å². The van der Waals surface area contributed by atoms with Crippen LogP contribution in [0, 0.1) is 5.92 Å². The summed E-state index contributed by atoms with van der Waals surface area (Å²) in [4.78, 5) is 0. The molecule has 1 unspecified atom stereocenters. The highest BCUT2D eigenvalue weighted by Crippen LogP contribution is 2.03. The molecule has 86 valence electrons. The molecule has 1 N–H and O–H groups in total. The molecule has 0 aliphatic carbocycles. The van der Waals surface area contributed by atoms with Crippen LogP contribution in [-0.2, 0) is 4.74 Å². The van der Waals surface area contributed by atoms with E-state index in [1.807, 2.05) is 0 Å². The molecule has 0 aromatic rings. The van der Waals surface area contributed by atoms with Crippen molar-refractivity contribution in [2.24, 2.45) is 5.92 Å². The lowest BCUT2D eigenvalue weighted by molar-refractivity contribution is 0.161. The van der Waals surface area contributed by atoms with Gasteiger partial charge in [0.05, 0.1) is 6.61 Å². The van der Waals surface area contributed by atoms with Gasteiger partial charge >= 0.3 is 0 Å². The first-order chi connectivity index (χ1) is 6.70. The van der Waals surface area contributed by atoms with Gasteiger partial charge in [-0.3, -0.25) is 0 Å². The third-order valence-corrected chi connectivity index (χ3v) is 2.40. The summed E-state index contributed by atoms with van der Waals surface area (Å²) >= 11 is 0. The third kappa shape index (κ3) is 8.52. The lowest BCUT2D eigenvalue weighted by Gasteiger charge is -2.17. The Bertz CT molecular complexity index is 109. The molecule has 0 fully saturated rings. The van der Waals surface area contributed by atoms with Gasteiger partial charge in [0.25, 0.3) is 0 Å². The van der Waals surface area contributed by atoms with Gasteiger partial charge in [0.2, 0.25) is 0 Å². The number of ether oxygens (including phenoxy) is 1. The molecule has 0 saturated carbocycles. The number of nitrogens with one attached hydrogen (secondary N) is 1. The summed E-state index contributed by atoms with van der Waals surface area (Å²) in [5.41, 5.74) is 0. The van der Waals surface area contributed by atoms with Crippen molar-refractivity contribution in [3.05, 3.63) is 0 Å². The SMILES string of the molecule is CCCC(COC)NCCCC(C)C. The first-order valence-electron chi connectivity index (χ1n) is 5.93. The Labute approximate surface area is 89.4 Å². The Morgan fingerprint density at radius 2 is 1.93 bits per heavy atom. The lowest BCUT2D eigenvalue weighted by atomic mass is 10.1. The predicted molar refractivity (Wildman–Crippen MR) is 62.6 cm³/mol. The van der Waals surface area contributed by atoms with E-state index < -0.39 is 0 Å². The quantitative estimate of drug-likeness (QED) is 0.579. The Balaban J connectivity index is 3.40. The molecule has 0 heterocycles. The Morgan fingerprint density at radius 1 is 1.21 bits per heavy atom. The van der Waals surface area contributed by atoms with E-state index in [4.69, 9.17) is 4.74 Å². The molecule has 0 spiro atoms. The van der Waals surface area contributed by atoms with Gasteiger partial charge in [-0.15, -0.1) is 0 Å². The summed E-state index contributed by atoms with van der Waals surface area (Å²) in [7, 11) is 1.78. The molecule has 0 saturated heterocycles. The zero-order valence-corrected chi connectivity index (χ0v) is 10.3. The standard InChI is InChI=1S/C12H27NO/c1-5-7-12(10-14-4)13-9-6-8-11(2)3/h11-13H,5-10H2,1-4H3. The number of methoxy groups -OCH3 is 1. The largest absolute Gasteiger partial charge is 0.383 e. The van der Waals surface area contributed by atoms with E-state index in [0.717, 1.165) is 19.1 Å². The van der Waals surface area contributed by atoms with Crippen LogP contribution in [0.4, 0.5) is 0 Å². The molecule has 0 amide bonds. The van der Waals surface area contributed by atoms with Crippen LogP contribution in [0.15, 0.2) is 0 Å².